The maximum atomic E-state index is 13.4. The minimum Gasteiger partial charge on any atom is -0.497 e. The molecule has 1 aliphatic carbocycles. The van der Waals surface area contributed by atoms with Crippen molar-refractivity contribution in [3.63, 3.8) is 0 Å². The van der Waals surface area contributed by atoms with E-state index in [1.54, 1.807) is 13.2 Å². The van der Waals surface area contributed by atoms with Gasteiger partial charge in [0.05, 0.1) is 32.5 Å². The second-order valence-electron chi connectivity index (χ2n) is 11.4. The summed E-state index contributed by atoms with van der Waals surface area (Å²) in [6, 6.07) is 11.6. The van der Waals surface area contributed by atoms with Gasteiger partial charge in [-0.3, -0.25) is 9.59 Å². The Morgan fingerprint density at radius 3 is 2.39 bits per heavy atom. The Morgan fingerprint density at radius 1 is 1.06 bits per heavy atom. The normalized spacial score (nSPS) is 24.8. The molecule has 5 atom stereocenters. The zero-order valence-corrected chi connectivity index (χ0v) is 21.7. The molecule has 2 aliphatic heterocycles. The summed E-state index contributed by atoms with van der Waals surface area (Å²) in [7, 11) is 1.64. The first-order chi connectivity index (χ1) is 17.2. The summed E-state index contributed by atoms with van der Waals surface area (Å²) < 4.78 is 16.9. The highest BCUT2D eigenvalue weighted by molar-refractivity contribution is 6.02. The van der Waals surface area contributed by atoms with Crippen LogP contribution in [0.25, 0.3) is 0 Å². The van der Waals surface area contributed by atoms with Gasteiger partial charge >= 0.3 is 0 Å². The van der Waals surface area contributed by atoms with Gasteiger partial charge in [0.2, 0.25) is 0 Å². The van der Waals surface area contributed by atoms with E-state index in [2.05, 4.69) is 38.3 Å². The van der Waals surface area contributed by atoms with Crippen LogP contribution in [-0.4, -0.2) is 51.3 Å². The predicted octanol–water partition coefficient (Wildman–Crippen LogP) is 4.01. The van der Waals surface area contributed by atoms with Gasteiger partial charge in [-0.15, -0.1) is 0 Å². The van der Waals surface area contributed by atoms with Crippen LogP contribution in [-0.2, 0) is 4.74 Å². The average Bonchev–Trinajstić information content (AvgIpc) is 3.22. The summed E-state index contributed by atoms with van der Waals surface area (Å²) in [4.78, 5) is 26.7. The van der Waals surface area contributed by atoms with Crippen LogP contribution < -0.4 is 20.1 Å². The quantitative estimate of drug-likeness (QED) is 0.610. The van der Waals surface area contributed by atoms with Crippen LogP contribution in [0.1, 0.15) is 65.5 Å². The van der Waals surface area contributed by atoms with Gasteiger partial charge in [-0.25, -0.2) is 0 Å². The number of benzene rings is 2. The fourth-order valence-electron chi connectivity index (χ4n) is 5.08. The van der Waals surface area contributed by atoms with Crippen molar-refractivity contribution in [1.29, 1.82) is 0 Å². The summed E-state index contributed by atoms with van der Waals surface area (Å²) in [6.07, 6.45) is 0. The predicted molar refractivity (Wildman–Crippen MR) is 137 cm³/mol. The van der Waals surface area contributed by atoms with Crippen molar-refractivity contribution >= 4 is 11.8 Å². The molecule has 36 heavy (non-hydrogen) atoms. The van der Waals surface area contributed by atoms with Crippen LogP contribution in [0.2, 0.25) is 0 Å². The number of carbonyl (C=O) groups excluding carboxylic acids is 2. The Morgan fingerprint density at radius 2 is 1.75 bits per heavy atom. The minimum absolute atomic E-state index is 0.0684. The zero-order valence-electron chi connectivity index (χ0n) is 21.7. The lowest BCUT2D eigenvalue weighted by atomic mass is 9.82. The van der Waals surface area contributed by atoms with Crippen LogP contribution in [0.4, 0.5) is 0 Å². The molecule has 0 radical (unpaired) electrons. The molecule has 0 aromatic heterocycles. The Hall–Kier alpha value is -3.06. The van der Waals surface area contributed by atoms with E-state index in [4.69, 9.17) is 14.2 Å². The molecule has 2 unspecified atom stereocenters. The molecule has 1 saturated carbocycles. The number of rotatable bonds is 7. The number of ether oxygens (including phenoxy) is 3. The van der Waals surface area contributed by atoms with Gasteiger partial charge in [0.25, 0.3) is 11.8 Å². The first kappa shape index (κ1) is 24.6. The fourth-order valence-corrected chi connectivity index (χ4v) is 5.08. The van der Waals surface area contributed by atoms with Gasteiger partial charge in [-0.2, -0.15) is 0 Å². The molecule has 2 fully saturated rings. The standard InChI is InChI=1S/C29H36N2O5/c1-16(29(2,3)4)12-30-28(33)21-11-18(27(32)31-25-23-13-35-14-24(23)25)10-20-22(15-36-26(20)21)17-6-8-19(34-5)9-7-17/h6-11,16,22-25H,12-15H2,1-5H3,(H,30,33)(H,31,32)/t16?,22?,23-,24+,25+. The Labute approximate surface area is 212 Å². The van der Waals surface area contributed by atoms with E-state index in [-0.39, 0.29) is 35.1 Å². The second-order valence-corrected chi connectivity index (χ2v) is 11.4. The minimum atomic E-state index is -0.218. The van der Waals surface area contributed by atoms with Crippen LogP contribution in [0, 0.1) is 23.2 Å². The van der Waals surface area contributed by atoms with Gasteiger partial charge in [0.15, 0.2) is 0 Å². The van der Waals surface area contributed by atoms with Gasteiger partial charge < -0.3 is 24.8 Å². The van der Waals surface area contributed by atoms with E-state index in [0.717, 1.165) is 16.9 Å². The molecular weight excluding hydrogens is 456 g/mol. The van der Waals surface area contributed by atoms with Crippen LogP contribution in [0.15, 0.2) is 36.4 Å². The van der Waals surface area contributed by atoms with E-state index >= 15 is 0 Å². The Bertz CT molecular complexity index is 1140. The van der Waals surface area contributed by atoms with E-state index < -0.39 is 0 Å². The lowest BCUT2D eigenvalue weighted by Gasteiger charge is -2.27. The third-order valence-electron chi connectivity index (χ3n) is 8.21. The van der Waals surface area contributed by atoms with Crippen molar-refractivity contribution in [3.8, 4) is 11.5 Å². The SMILES string of the molecule is COc1ccc(C2COc3c(C(=O)NCC(C)C(C)(C)C)cc(C(=O)N[C@H]4[C@@H]5COC[C@@H]54)cc32)cc1. The highest BCUT2D eigenvalue weighted by Crippen LogP contribution is 2.45. The first-order valence-electron chi connectivity index (χ1n) is 12.8. The number of hydrogen-bond donors (Lipinski definition) is 2. The maximum absolute atomic E-state index is 13.4. The summed E-state index contributed by atoms with van der Waals surface area (Å²) >= 11 is 0. The fraction of sp³-hybridized carbons (Fsp3) is 0.517. The molecule has 2 aromatic rings. The van der Waals surface area contributed by atoms with Gasteiger partial charge in [0.1, 0.15) is 11.5 Å². The Balaban J connectivity index is 1.44. The van der Waals surface area contributed by atoms with E-state index in [9.17, 15) is 9.59 Å². The number of methoxy groups -OCH3 is 1. The number of carbonyl (C=O) groups is 2. The number of amides is 2. The number of nitrogens with one attached hydrogen (secondary N) is 2. The van der Waals surface area contributed by atoms with Crippen LogP contribution in [0.5, 0.6) is 11.5 Å². The van der Waals surface area contributed by atoms with Crippen molar-refractivity contribution in [2.75, 3.05) is 33.5 Å². The molecule has 7 nitrogen and oxygen atoms in total. The molecular formula is C29H36N2O5. The lowest BCUT2D eigenvalue weighted by Crippen LogP contribution is -2.34. The summed E-state index contributed by atoms with van der Waals surface area (Å²) in [5, 5.41) is 6.23. The van der Waals surface area contributed by atoms with Crippen LogP contribution >= 0.6 is 0 Å². The maximum Gasteiger partial charge on any atom is 0.255 e. The zero-order chi connectivity index (χ0) is 25.6. The van der Waals surface area contributed by atoms with Gasteiger partial charge in [-0.05, 0) is 41.2 Å². The molecule has 2 N–H and O–H groups in total. The number of hydrogen-bond acceptors (Lipinski definition) is 5. The first-order valence-corrected chi connectivity index (χ1v) is 12.8. The summed E-state index contributed by atoms with van der Waals surface area (Å²) in [5.74, 6) is 1.97. The average molecular weight is 493 g/mol. The Kier molecular flexibility index (Phi) is 6.45. The summed E-state index contributed by atoms with van der Waals surface area (Å²) in [6.45, 7) is 11.0. The van der Waals surface area contributed by atoms with E-state index in [0.29, 0.717) is 55.1 Å². The third-order valence-corrected chi connectivity index (χ3v) is 8.21. The monoisotopic (exact) mass is 492 g/mol. The highest BCUT2D eigenvalue weighted by atomic mass is 16.5. The van der Waals surface area contributed by atoms with Gasteiger partial charge in [0, 0.05) is 41.5 Å². The molecule has 2 amide bonds. The molecule has 5 rings (SSSR count). The second kappa shape index (κ2) is 9.43. The van der Waals surface area contributed by atoms with Crippen molar-refractivity contribution in [3.05, 3.63) is 58.7 Å². The molecule has 192 valence electrons. The smallest absolute Gasteiger partial charge is 0.255 e. The third kappa shape index (κ3) is 4.69. The van der Waals surface area contributed by atoms with Gasteiger partial charge in [-0.1, -0.05) is 39.8 Å². The molecule has 2 aromatic carbocycles. The van der Waals surface area contributed by atoms with E-state index in [1.165, 1.54) is 0 Å². The molecule has 0 spiro atoms. The van der Waals surface area contributed by atoms with Crippen molar-refractivity contribution in [1.82, 2.24) is 10.6 Å². The lowest BCUT2D eigenvalue weighted by molar-refractivity contribution is 0.0928. The van der Waals surface area contributed by atoms with Crippen molar-refractivity contribution < 1.29 is 23.8 Å². The topological polar surface area (TPSA) is 85.9 Å². The molecule has 0 bridgehead atoms. The highest BCUT2D eigenvalue weighted by Gasteiger charge is 2.54. The molecule has 3 aliphatic rings. The van der Waals surface area contributed by atoms with Crippen molar-refractivity contribution in [2.24, 2.45) is 23.2 Å². The van der Waals surface area contributed by atoms with Crippen LogP contribution in [0.3, 0.4) is 0 Å². The van der Waals surface area contributed by atoms with Crippen molar-refractivity contribution in [2.45, 2.75) is 39.7 Å². The largest absolute Gasteiger partial charge is 0.497 e. The molecule has 2 heterocycles. The molecule has 1 saturated heterocycles. The molecule has 7 heteroatoms. The summed E-state index contributed by atoms with van der Waals surface area (Å²) in [5.41, 5.74) is 2.88. The van der Waals surface area contributed by atoms with E-state index in [1.807, 2.05) is 30.3 Å². The number of fused-ring (bicyclic) bond motifs is 2.